The smallest absolute Gasteiger partial charge is 0.215 e. The molecule has 0 spiro atoms. The summed E-state index contributed by atoms with van der Waals surface area (Å²) in [5.41, 5.74) is 6.89. The fourth-order valence-electron chi connectivity index (χ4n) is 3.61. The van der Waals surface area contributed by atoms with Crippen molar-refractivity contribution in [1.29, 1.82) is 0 Å². The lowest BCUT2D eigenvalue weighted by Gasteiger charge is -2.10. The number of halogens is 1. The summed E-state index contributed by atoms with van der Waals surface area (Å²) in [4.78, 5) is 0. The third-order valence-corrected chi connectivity index (χ3v) is 4.73. The molecule has 0 N–H and O–H groups in total. The van der Waals surface area contributed by atoms with E-state index in [1.165, 1.54) is 34.4 Å². The molecular formula is C23H22BrN. The highest BCUT2D eigenvalue weighted by molar-refractivity contribution is 6.10. The third kappa shape index (κ3) is 3.91. The molecule has 4 rings (SSSR count). The van der Waals surface area contributed by atoms with Crippen LogP contribution in [0.4, 0.5) is 0 Å². The molecule has 0 saturated heterocycles. The van der Waals surface area contributed by atoms with E-state index in [2.05, 4.69) is 89.5 Å². The maximum absolute atomic E-state index is 2.55. The van der Waals surface area contributed by atoms with E-state index < -0.39 is 0 Å². The van der Waals surface area contributed by atoms with Gasteiger partial charge in [0.25, 0.3) is 0 Å². The number of hydrogen-bond donors (Lipinski definition) is 0. The molecule has 1 heterocycles. The fraction of sp³-hybridized carbons (Fsp3) is 0.174. The van der Waals surface area contributed by atoms with Gasteiger partial charge in [-0.1, -0.05) is 66.7 Å². The molecule has 126 valence electrons. The highest BCUT2D eigenvalue weighted by Crippen LogP contribution is 2.21. The molecule has 1 aliphatic rings. The summed E-state index contributed by atoms with van der Waals surface area (Å²) in [7, 11) is 0. The summed E-state index contributed by atoms with van der Waals surface area (Å²) in [6, 6.07) is 30.5. The second-order valence-corrected chi connectivity index (χ2v) is 6.38. The van der Waals surface area contributed by atoms with Crippen LogP contribution in [0.5, 0.6) is 0 Å². The van der Waals surface area contributed by atoms with Crippen molar-refractivity contribution in [2.45, 2.75) is 19.4 Å². The van der Waals surface area contributed by atoms with Crippen LogP contribution in [0.15, 0.2) is 84.9 Å². The Labute approximate surface area is 160 Å². The summed E-state index contributed by atoms with van der Waals surface area (Å²) in [5.74, 6) is 0. The minimum atomic E-state index is 0. The number of benzene rings is 3. The topological polar surface area (TPSA) is 3.01 Å². The van der Waals surface area contributed by atoms with Crippen LogP contribution in [0.2, 0.25) is 0 Å². The number of hydrogen-bond acceptors (Lipinski definition) is 0. The molecule has 1 nitrogen and oxygen atoms in total. The standard InChI is InChI=1S/C23H22N.BrH/c1-3-10-19(11-4-1)18-24-17-9-15-20-12-7-8-16-22(20)23(24)21-13-5-2-6-14-21;/h1-8,10-14,16H,9,15,17-18H2;1H/q+1;/p-1. The molecule has 1 aliphatic heterocycles. The minimum absolute atomic E-state index is 0. The Hall–Kier alpha value is -2.19. The summed E-state index contributed by atoms with van der Waals surface area (Å²) < 4.78 is 2.55. The van der Waals surface area contributed by atoms with E-state index in [9.17, 15) is 0 Å². The Morgan fingerprint density at radius 3 is 2.12 bits per heavy atom. The lowest BCUT2D eigenvalue weighted by molar-refractivity contribution is -0.543. The first-order valence-electron chi connectivity index (χ1n) is 8.71. The van der Waals surface area contributed by atoms with Crippen molar-refractivity contribution in [3.63, 3.8) is 0 Å². The second kappa shape index (κ2) is 8.26. The number of nitrogens with zero attached hydrogens (tertiary/aromatic N) is 1. The van der Waals surface area contributed by atoms with Crippen LogP contribution < -0.4 is 17.0 Å². The van der Waals surface area contributed by atoms with Crippen LogP contribution in [0, 0.1) is 0 Å². The zero-order valence-corrected chi connectivity index (χ0v) is 15.8. The molecular weight excluding hydrogens is 370 g/mol. The Kier molecular flexibility index (Phi) is 5.83. The summed E-state index contributed by atoms with van der Waals surface area (Å²) >= 11 is 0. The first-order chi connectivity index (χ1) is 11.9. The first-order valence-corrected chi connectivity index (χ1v) is 8.71. The van der Waals surface area contributed by atoms with Gasteiger partial charge in [-0.2, -0.15) is 0 Å². The predicted molar refractivity (Wildman–Crippen MR) is 99.7 cm³/mol. The Bertz CT molecular complexity index is 854. The Morgan fingerprint density at radius 2 is 1.36 bits per heavy atom. The first kappa shape index (κ1) is 17.6. The molecule has 0 aromatic heterocycles. The van der Waals surface area contributed by atoms with Crippen molar-refractivity contribution in [3.8, 4) is 0 Å². The quantitative estimate of drug-likeness (QED) is 0.597. The van der Waals surface area contributed by atoms with Gasteiger partial charge in [-0.15, -0.1) is 0 Å². The zero-order valence-electron chi connectivity index (χ0n) is 14.2. The molecule has 2 heteroatoms. The second-order valence-electron chi connectivity index (χ2n) is 6.38. The van der Waals surface area contributed by atoms with Gasteiger partial charge >= 0.3 is 0 Å². The maximum Gasteiger partial charge on any atom is 0.215 e. The van der Waals surface area contributed by atoms with Crippen molar-refractivity contribution in [2.24, 2.45) is 0 Å². The van der Waals surface area contributed by atoms with Crippen molar-refractivity contribution in [1.82, 2.24) is 0 Å². The van der Waals surface area contributed by atoms with Gasteiger partial charge in [0, 0.05) is 23.1 Å². The van der Waals surface area contributed by atoms with Crippen LogP contribution in [0.25, 0.3) is 0 Å². The molecule has 3 aromatic carbocycles. The van der Waals surface area contributed by atoms with Gasteiger partial charge in [0.1, 0.15) is 6.54 Å². The van der Waals surface area contributed by atoms with Crippen molar-refractivity contribution in [2.75, 3.05) is 6.54 Å². The van der Waals surface area contributed by atoms with Gasteiger partial charge < -0.3 is 17.0 Å². The van der Waals surface area contributed by atoms with Gasteiger partial charge in [0.15, 0.2) is 6.54 Å². The van der Waals surface area contributed by atoms with E-state index in [1.807, 2.05) is 0 Å². The summed E-state index contributed by atoms with van der Waals surface area (Å²) in [6.07, 6.45) is 2.35. The molecule has 25 heavy (non-hydrogen) atoms. The Morgan fingerprint density at radius 1 is 0.720 bits per heavy atom. The van der Waals surface area contributed by atoms with Gasteiger partial charge in [0.2, 0.25) is 5.71 Å². The molecule has 0 aliphatic carbocycles. The molecule has 0 unspecified atom stereocenters. The largest absolute Gasteiger partial charge is 1.00 e. The number of rotatable bonds is 3. The third-order valence-electron chi connectivity index (χ3n) is 4.73. The number of fused-ring (bicyclic) bond motifs is 1. The monoisotopic (exact) mass is 391 g/mol. The summed E-state index contributed by atoms with van der Waals surface area (Å²) in [6.45, 7) is 2.05. The fourth-order valence-corrected chi connectivity index (χ4v) is 3.61. The van der Waals surface area contributed by atoms with Gasteiger partial charge in [-0.3, -0.25) is 0 Å². The van der Waals surface area contributed by atoms with Gasteiger partial charge in [-0.25, -0.2) is 4.58 Å². The number of aryl methyl sites for hydroxylation is 1. The van der Waals surface area contributed by atoms with Gasteiger partial charge in [0.05, 0.1) is 0 Å². The average Bonchev–Trinajstić information content (AvgIpc) is 2.82. The molecule has 0 bridgehead atoms. The lowest BCUT2D eigenvalue weighted by Crippen LogP contribution is -3.00. The van der Waals surface area contributed by atoms with Crippen molar-refractivity contribution in [3.05, 3.63) is 107 Å². The molecule has 0 radical (unpaired) electrons. The Balaban J connectivity index is 0.00000182. The van der Waals surface area contributed by atoms with E-state index in [1.54, 1.807) is 0 Å². The highest BCUT2D eigenvalue weighted by atomic mass is 79.9. The summed E-state index contributed by atoms with van der Waals surface area (Å²) in [5, 5.41) is 0. The average molecular weight is 392 g/mol. The zero-order chi connectivity index (χ0) is 16.2. The van der Waals surface area contributed by atoms with Crippen molar-refractivity contribution >= 4 is 5.71 Å². The minimum Gasteiger partial charge on any atom is -1.00 e. The SMILES string of the molecule is [Br-].c1ccc(C[N+]2=C(c3ccccc3)c3ccccc3CCC2)cc1. The maximum atomic E-state index is 2.55. The molecule has 0 fully saturated rings. The lowest BCUT2D eigenvalue weighted by atomic mass is 9.96. The van der Waals surface area contributed by atoms with Crippen molar-refractivity contribution < 1.29 is 21.6 Å². The molecule has 0 saturated carbocycles. The van der Waals surface area contributed by atoms with Crippen LogP contribution in [-0.4, -0.2) is 16.8 Å². The van der Waals surface area contributed by atoms with Crippen LogP contribution >= 0.6 is 0 Å². The van der Waals surface area contributed by atoms with E-state index in [0.29, 0.717) is 0 Å². The molecule has 0 amide bonds. The van der Waals surface area contributed by atoms with E-state index >= 15 is 0 Å². The molecule has 0 atom stereocenters. The van der Waals surface area contributed by atoms with Crippen LogP contribution in [0.1, 0.15) is 28.7 Å². The van der Waals surface area contributed by atoms with E-state index in [0.717, 1.165) is 19.5 Å². The van der Waals surface area contributed by atoms with Gasteiger partial charge in [-0.05, 0) is 30.2 Å². The molecule has 3 aromatic rings. The normalized spacial score (nSPS) is 13.6. The predicted octanol–water partition coefficient (Wildman–Crippen LogP) is 1.69. The van der Waals surface area contributed by atoms with E-state index in [4.69, 9.17) is 0 Å². The van der Waals surface area contributed by atoms with E-state index in [-0.39, 0.29) is 17.0 Å². The van der Waals surface area contributed by atoms with Crippen LogP contribution in [0.3, 0.4) is 0 Å². The highest BCUT2D eigenvalue weighted by Gasteiger charge is 2.25. The van der Waals surface area contributed by atoms with Crippen LogP contribution in [-0.2, 0) is 13.0 Å².